The molecule has 2 aromatic carbocycles. The number of amides is 5. The van der Waals surface area contributed by atoms with Crippen molar-refractivity contribution in [2.24, 2.45) is 5.92 Å². The van der Waals surface area contributed by atoms with Crippen molar-refractivity contribution in [2.75, 3.05) is 44.2 Å². The third kappa shape index (κ3) is 6.50. The normalized spacial score (nSPS) is 21.7. The fourth-order valence-corrected chi connectivity index (χ4v) is 7.18. The molecule has 0 aromatic heterocycles. The van der Waals surface area contributed by atoms with Gasteiger partial charge in [-0.1, -0.05) is 25.1 Å². The van der Waals surface area contributed by atoms with Gasteiger partial charge in [0.2, 0.25) is 11.8 Å². The summed E-state index contributed by atoms with van der Waals surface area (Å²) in [4.78, 5) is 69.0. The van der Waals surface area contributed by atoms with Crippen molar-refractivity contribution >= 4 is 35.2 Å². The number of nitrogens with one attached hydrogen (secondary N) is 3. The number of anilines is 1. The topological polar surface area (TPSA) is 131 Å². The first-order chi connectivity index (χ1) is 21.8. The lowest BCUT2D eigenvalue weighted by atomic mass is 9.88. The molecule has 238 valence electrons. The van der Waals surface area contributed by atoms with Gasteiger partial charge in [-0.3, -0.25) is 39.6 Å². The maximum absolute atomic E-state index is 13.5. The second-order valence-electron chi connectivity index (χ2n) is 12.7. The number of carbonyl (C=O) groups excluding carboxylic acids is 5. The number of carbonyl (C=O) groups is 5. The zero-order chi connectivity index (χ0) is 31.5. The molecule has 4 aliphatic rings. The first-order valence-electron chi connectivity index (χ1n) is 16.3. The van der Waals surface area contributed by atoms with E-state index in [4.69, 9.17) is 0 Å². The minimum Gasteiger partial charge on any atom is -0.371 e. The molecule has 0 spiro atoms. The Bertz CT molecular complexity index is 1460. The first kappa shape index (κ1) is 30.9. The number of fused-ring (bicyclic) bond motifs is 1. The van der Waals surface area contributed by atoms with Crippen molar-refractivity contribution in [2.45, 2.75) is 63.8 Å². The van der Waals surface area contributed by atoms with Gasteiger partial charge in [0, 0.05) is 38.2 Å². The van der Waals surface area contributed by atoms with Crippen molar-refractivity contribution in [1.29, 1.82) is 0 Å². The summed E-state index contributed by atoms with van der Waals surface area (Å²) < 4.78 is 0. The summed E-state index contributed by atoms with van der Waals surface area (Å²) in [5.41, 5.74) is 9.07. The van der Waals surface area contributed by atoms with Gasteiger partial charge in [0.15, 0.2) is 0 Å². The Labute approximate surface area is 263 Å². The molecule has 0 radical (unpaired) electrons. The van der Waals surface area contributed by atoms with Crippen LogP contribution in [0.2, 0.25) is 0 Å². The van der Waals surface area contributed by atoms with Crippen LogP contribution in [0, 0.1) is 5.92 Å². The van der Waals surface area contributed by atoms with E-state index in [9.17, 15) is 24.0 Å². The number of benzene rings is 2. The molecular formula is C34H42N6O5. The van der Waals surface area contributed by atoms with Crippen LogP contribution in [0.3, 0.4) is 0 Å². The number of hydrazine groups is 1. The number of rotatable bonds is 9. The van der Waals surface area contributed by atoms with E-state index in [0.29, 0.717) is 28.5 Å². The summed E-state index contributed by atoms with van der Waals surface area (Å²) in [6.07, 6.45) is 5.39. The fourth-order valence-electron chi connectivity index (χ4n) is 7.18. The lowest BCUT2D eigenvalue weighted by Crippen LogP contribution is -2.54. The van der Waals surface area contributed by atoms with Crippen molar-refractivity contribution in [1.82, 2.24) is 26.0 Å². The smallest absolute Gasteiger partial charge is 0.265 e. The summed E-state index contributed by atoms with van der Waals surface area (Å²) >= 11 is 0. The quantitative estimate of drug-likeness (QED) is 0.223. The molecule has 3 fully saturated rings. The molecule has 11 nitrogen and oxygen atoms in total. The van der Waals surface area contributed by atoms with E-state index in [0.717, 1.165) is 82.0 Å². The van der Waals surface area contributed by atoms with Crippen LogP contribution in [-0.4, -0.2) is 84.6 Å². The number of piperidine rings is 3. The Balaban J connectivity index is 0.997. The van der Waals surface area contributed by atoms with Crippen LogP contribution in [0.1, 0.15) is 94.4 Å². The van der Waals surface area contributed by atoms with E-state index in [-0.39, 0.29) is 24.7 Å². The summed E-state index contributed by atoms with van der Waals surface area (Å²) in [5, 5.41) is 2.26. The maximum atomic E-state index is 13.5. The molecule has 11 heteroatoms. The molecule has 6 rings (SSSR count). The second-order valence-corrected chi connectivity index (χ2v) is 12.7. The van der Waals surface area contributed by atoms with Gasteiger partial charge in [-0.05, 0) is 93.3 Å². The molecule has 1 atom stereocenters. The van der Waals surface area contributed by atoms with Gasteiger partial charge in [-0.2, -0.15) is 0 Å². The van der Waals surface area contributed by atoms with Crippen LogP contribution in [0.25, 0.3) is 0 Å². The largest absolute Gasteiger partial charge is 0.371 e. The molecule has 1 unspecified atom stereocenters. The van der Waals surface area contributed by atoms with Gasteiger partial charge < -0.3 is 9.80 Å². The highest BCUT2D eigenvalue weighted by molar-refractivity contribution is 6.25. The minimum absolute atomic E-state index is 0.104. The Morgan fingerprint density at radius 2 is 1.62 bits per heavy atom. The van der Waals surface area contributed by atoms with Gasteiger partial charge in [0.25, 0.3) is 17.7 Å². The zero-order valence-electron chi connectivity index (χ0n) is 25.8. The molecule has 2 aromatic rings. The molecule has 4 aliphatic heterocycles. The summed E-state index contributed by atoms with van der Waals surface area (Å²) in [6, 6.07) is 12.4. The third-order valence-electron chi connectivity index (χ3n) is 9.73. The lowest BCUT2D eigenvalue weighted by Gasteiger charge is -2.39. The van der Waals surface area contributed by atoms with Crippen molar-refractivity contribution in [3.63, 3.8) is 0 Å². The van der Waals surface area contributed by atoms with Crippen molar-refractivity contribution < 1.29 is 24.0 Å². The van der Waals surface area contributed by atoms with Gasteiger partial charge in [-0.25, -0.2) is 5.43 Å². The van der Waals surface area contributed by atoms with Crippen LogP contribution in [0.5, 0.6) is 0 Å². The van der Waals surface area contributed by atoms with Crippen molar-refractivity contribution in [3.8, 4) is 0 Å². The van der Waals surface area contributed by atoms with E-state index in [1.807, 2.05) is 18.2 Å². The van der Waals surface area contributed by atoms with Crippen LogP contribution in [-0.2, 0) is 9.59 Å². The average Bonchev–Trinajstić information content (AvgIpc) is 3.31. The highest BCUT2D eigenvalue weighted by Gasteiger charge is 2.46. The molecule has 3 saturated heterocycles. The molecule has 4 heterocycles. The van der Waals surface area contributed by atoms with E-state index in [2.05, 4.69) is 45.0 Å². The fraction of sp³-hybridized carbons (Fsp3) is 0.500. The number of hydrogen-bond donors (Lipinski definition) is 3. The number of nitrogens with zero attached hydrogens (tertiary/aromatic N) is 3. The standard InChI is InChI=1S/C34H42N6O5/c1-2-16-35-37-31(42)25-8-6-23(7-9-25)24-14-17-38(18-15-24)21-22-12-19-39(20-13-22)27-5-3-4-26-30(27)34(45)40(33(26)44)28-10-11-29(41)36-32(28)43/h3-9,22,24,28,35H,2,10-21H2,1H3,(H,37,42)(H,36,41,43). The summed E-state index contributed by atoms with van der Waals surface area (Å²) in [6.45, 7) is 7.54. The zero-order valence-corrected chi connectivity index (χ0v) is 25.8. The molecule has 3 N–H and O–H groups in total. The molecule has 45 heavy (non-hydrogen) atoms. The lowest BCUT2D eigenvalue weighted by molar-refractivity contribution is -0.136. The monoisotopic (exact) mass is 614 g/mol. The van der Waals surface area contributed by atoms with Crippen LogP contribution in [0.15, 0.2) is 42.5 Å². The summed E-state index contributed by atoms with van der Waals surface area (Å²) in [5.74, 6) is -0.942. The van der Waals surface area contributed by atoms with Gasteiger partial charge in [0.05, 0.1) is 16.8 Å². The van der Waals surface area contributed by atoms with E-state index in [1.54, 1.807) is 12.1 Å². The molecule has 5 amide bonds. The third-order valence-corrected chi connectivity index (χ3v) is 9.73. The molecule has 0 saturated carbocycles. The van der Waals surface area contributed by atoms with E-state index in [1.165, 1.54) is 5.56 Å². The Morgan fingerprint density at radius 3 is 2.31 bits per heavy atom. The minimum atomic E-state index is -0.962. The number of imide groups is 2. The molecule has 0 bridgehead atoms. The predicted octanol–water partition coefficient (Wildman–Crippen LogP) is 2.83. The average molecular weight is 615 g/mol. The Kier molecular flexibility index (Phi) is 9.27. The van der Waals surface area contributed by atoms with Gasteiger partial charge >= 0.3 is 0 Å². The van der Waals surface area contributed by atoms with E-state index < -0.39 is 23.8 Å². The van der Waals surface area contributed by atoms with Crippen LogP contribution < -0.4 is 21.1 Å². The Morgan fingerprint density at radius 1 is 0.889 bits per heavy atom. The van der Waals surface area contributed by atoms with Gasteiger partial charge in [0.1, 0.15) is 6.04 Å². The molecular weight excluding hydrogens is 572 g/mol. The second kappa shape index (κ2) is 13.5. The number of hydrogen-bond acceptors (Lipinski definition) is 8. The highest BCUT2D eigenvalue weighted by atomic mass is 16.2. The van der Waals surface area contributed by atoms with Crippen LogP contribution >= 0.6 is 0 Å². The number of likely N-dealkylation sites (tertiary alicyclic amines) is 1. The first-order valence-corrected chi connectivity index (χ1v) is 16.3. The van der Waals surface area contributed by atoms with E-state index >= 15 is 0 Å². The predicted molar refractivity (Wildman–Crippen MR) is 169 cm³/mol. The molecule has 0 aliphatic carbocycles. The Hall–Kier alpha value is -4.09. The van der Waals surface area contributed by atoms with Crippen LogP contribution in [0.4, 0.5) is 5.69 Å². The highest BCUT2D eigenvalue weighted by Crippen LogP contribution is 2.36. The summed E-state index contributed by atoms with van der Waals surface area (Å²) in [7, 11) is 0. The van der Waals surface area contributed by atoms with Gasteiger partial charge in [-0.15, -0.1) is 0 Å². The SMILES string of the molecule is CCCNNC(=O)c1ccc(C2CCN(CC3CCN(c4cccc5c4C(=O)N(C4CCC(=O)NC4=O)C5=O)CC3)CC2)cc1. The maximum Gasteiger partial charge on any atom is 0.265 e. The van der Waals surface area contributed by atoms with Crippen molar-refractivity contribution in [3.05, 3.63) is 64.7 Å².